The van der Waals surface area contributed by atoms with Crippen LogP contribution in [0.25, 0.3) is 11.1 Å². The summed E-state index contributed by atoms with van der Waals surface area (Å²) in [6, 6.07) is 9.82. The molecule has 7 nitrogen and oxygen atoms in total. The van der Waals surface area contributed by atoms with Gasteiger partial charge in [-0.15, -0.1) is 0 Å². The Hall–Kier alpha value is -2.85. The van der Waals surface area contributed by atoms with Crippen LogP contribution in [0.15, 0.2) is 56.8 Å². The minimum absolute atomic E-state index is 0.289. The van der Waals surface area contributed by atoms with Crippen LogP contribution in [0.4, 0.5) is 9.52 Å². The van der Waals surface area contributed by atoms with Gasteiger partial charge >= 0.3 is 5.76 Å². The van der Waals surface area contributed by atoms with Crippen LogP contribution in [0.2, 0.25) is 0 Å². The molecule has 1 unspecified atom stereocenters. The molecule has 1 N–H and O–H groups in total. The third-order valence-corrected chi connectivity index (χ3v) is 5.78. The summed E-state index contributed by atoms with van der Waals surface area (Å²) in [5.74, 6) is -0.344. The summed E-state index contributed by atoms with van der Waals surface area (Å²) in [6.07, 6.45) is 1.41. The number of aromatic nitrogens is 3. The first-order valence-electron chi connectivity index (χ1n) is 8.25. The molecule has 0 spiro atoms. The van der Waals surface area contributed by atoms with Gasteiger partial charge in [-0.05, 0) is 36.6 Å². The number of fused-ring (bicyclic) bond motifs is 1. The van der Waals surface area contributed by atoms with Crippen LogP contribution in [0.5, 0.6) is 5.75 Å². The van der Waals surface area contributed by atoms with Crippen LogP contribution in [0, 0.1) is 5.82 Å². The molecule has 0 aliphatic heterocycles. The molecule has 0 aliphatic rings. The molecule has 0 radical (unpaired) electrons. The van der Waals surface area contributed by atoms with Gasteiger partial charge in [-0.2, -0.15) is 4.37 Å². The first-order chi connectivity index (χ1) is 13.6. The van der Waals surface area contributed by atoms with Crippen molar-refractivity contribution in [3.63, 3.8) is 0 Å². The van der Waals surface area contributed by atoms with Crippen LogP contribution in [0.3, 0.4) is 0 Å². The number of hydrogen-bond donors (Lipinski definition) is 1. The predicted octanol–water partition coefficient (Wildman–Crippen LogP) is 4.32. The van der Waals surface area contributed by atoms with Crippen LogP contribution in [-0.4, -0.2) is 21.0 Å². The summed E-state index contributed by atoms with van der Waals surface area (Å²) < 4.78 is 33.5. The number of nitrogens with zero attached hydrogens (tertiary/aromatic N) is 3. The fraction of sp³-hybridized carbons (Fsp3) is 0.167. The Kier molecular flexibility index (Phi) is 5.05. The third-order valence-electron chi connectivity index (χ3n) is 4.24. The Bertz CT molecular complexity index is 1170. The lowest BCUT2D eigenvalue weighted by atomic mass is 10.1. The van der Waals surface area contributed by atoms with E-state index < -0.39 is 11.6 Å². The number of methoxy groups -OCH3 is 1. The Labute approximate surface area is 167 Å². The summed E-state index contributed by atoms with van der Waals surface area (Å²) in [7, 11) is 1.58. The number of nitrogens with one attached hydrogen (secondary N) is 1. The zero-order chi connectivity index (χ0) is 19.7. The van der Waals surface area contributed by atoms with Crippen molar-refractivity contribution in [2.24, 2.45) is 0 Å². The summed E-state index contributed by atoms with van der Waals surface area (Å²) in [5.41, 5.74) is 1.54. The lowest BCUT2D eigenvalue weighted by Gasteiger charge is -2.14. The highest BCUT2D eigenvalue weighted by Gasteiger charge is 2.19. The van der Waals surface area contributed by atoms with E-state index in [-0.39, 0.29) is 10.9 Å². The third kappa shape index (κ3) is 3.48. The molecule has 0 saturated carbocycles. The van der Waals surface area contributed by atoms with Crippen molar-refractivity contribution in [1.82, 2.24) is 13.9 Å². The van der Waals surface area contributed by atoms with Crippen LogP contribution >= 0.6 is 23.5 Å². The zero-order valence-electron chi connectivity index (χ0n) is 14.9. The van der Waals surface area contributed by atoms with E-state index in [0.29, 0.717) is 22.0 Å². The predicted molar refractivity (Wildman–Crippen MR) is 107 cm³/mol. The largest absolute Gasteiger partial charge is 0.497 e. The SMILES string of the molecule is COc1cccc(C(C)n2c(=O)oc3cc(SNc4ncns4)c(F)cc32)c1. The van der Waals surface area contributed by atoms with E-state index in [4.69, 9.17) is 9.15 Å². The van der Waals surface area contributed by atoms with Gasteiger partial charge in [0, 0.05) is 23.7 Å². The first-order valence-corrected chi connectivity index (χ1v) is 9.84. The minimum Gasteiger partial charge on any atom is -0.497 e. The van der Waals surface area contributed by atoms with Gasteiger partial charge in [0.05, 0.1) is 23.6 Å². The van der Waals surface area contributed by atoms with Crippen LogP contribution in [-0.2, 0) is 0 Å². The van der Waals surface area contributed by atoms with Crippen molar-refractivity contribution in [3.8, 4) is 5.75 Å². The lowest BCUT2D eigenvalue weighted by molar-refractivity contribution is 0.413. The second-order valence-electron chi connectivity index (χ2n) is 5.89. The standard InChI is InChI=1S/C18H15FN4O3S2/c1-10(11-4-3-5-12(6-11)25-2)23-14-7-13(19)16(8-15(14)26-18(23)24)27-22-17-20-9-21-28-17/h3-10H,1-2H3,(H,20,21,22). The molecule has 2 aromatic carbocycles. The molecule has 10 heteroatoms. The molecule has 0 amide bonds. The fourth-order valence-corrected chi connectivity index (χ4v) is 3.98. The molecule has 2 heterocycles. The summed E-state index contributed by atoms with van der Waals surface area (Å²) in [6.45, 7) is 1.85. The normalized spacial score (nSPS) is 12.2. The van der Waals surface area contributed by atoms with Crippen molar-refractivity contribution in [2.75, 3.05) is 11.8 Å². The van der Waals surface area contributed by atoms with Gasteiger partial charge in [0.2, 0.25) is 5.13 Å². The van der Waals surface area contributed by atoms with E-state index >= 15 is 0 Å². The quantitative estimate of drug-likeness (QED) is 0.467. The van der Waals surface area contributed by atoms with Crippen LogP contribution in [0.1, 0.15) is 18.5 Å². The van der Waals surface area contributed by atoms with E-state index in [1.807, 2.05) is 31.2 Å². The number of hydrogen-bond acceptors (Lipinski definition) is 8. The van der Waals surface area contributed by atoms with E-state index in [1.165, 1.54) is 23.0 Å². The molecule has 1 atom stereocenters. The van der Waals surface area contributed by atoms with Gasteiger partial charge in [-0.25, -0.2) is 14.2 Å². The molecule has 4 rings (SSSR count). The summed E-state index contributed by atoms with van der Waals surface area (Å²) >= 11 is 2.20. The molecule has 0 aliphatic carbocycles. The molecule has 28 heavy (non-hydrogen) atoms. The molecular formula is C18H15FN4O3S2. The monoisotopic (exact) mass is 418 g/mol. The number of rotatable bonds is 6. The Morgan fingerprint density at radius 1 is 1.36 bits per heavy atom. The Morgan fingerprint density at radius 3 is 2.96 bits per heavy atom. The Balaban J connectivity index is 1.70. The van der Waals surface area contributed by atoms with Gasteiger partial charge in [-0.3, -0.25) is 4.57 Å². The summed E-state index contributed by atoms with van der Waals surface area (Å²) in [5, 5.41) is 0.551. The maximum atomic E-state index is 14.7. The summed E-state index contributed by atoms with van der Waals surface area (Å²) in [4.78, 5) is 16.7. The number of halogens is 1. The number of ether oxygens (including phenoxy) is 1. The average Bonchev–Trinajstić information content (AvgIpc) is 3.32. The van der Waals surface area contributed by atoms with Gasteiger partial charge in [-0.1, -0.05) is 12.1 Å². The van der Waals surface area contributed by atoms with Gasteiger partial charge in [0.25, 0.3) is 0 Å². The number of oxazole rings is 1. The molecule has 0 saturated heterocycles. The van der Waals surface area contributed by atoms with Crippen molar-refractivity contribution >= 4 is 39.7 Å². The maximum Gasteiger partial charge on any atom is 0.420 e. The van der Waals surface area contributed by atoms with E-state index in [2.05, 4.69) is 14.1 Å². The Morgan fingerprint density at radius 2 is 2.21 bits per heavy atom. The lowest BCUT2D eigenvalue weighted by Crippen LogP contribution is -2.19. The number of anilines is 1. The molecule has 4 aromatic rings. The molecule has 144 valence electrons. The van der Waals surface area contributed by atoms with Crippen LogP contribution < -0.4 is 15.2 Å². The van der Waals surface area contributed by atoms with Crippen molar-refractivity contribution in [1.29, 1.82) is 0 Å². The zero-order valence-corrected chi connectivity index (χ0v) is 16.5. The van der Waals surface area contributed by atoms with Gasteiger partial charge < -0.3 is 13.9 Å². The maximum absolute atomic E-state index is 14.7. The highest BCUT2D eigenvalue weighted by atomic mass is 32.2. The van der Waals surface area contributed by atoms with Gasteiger partial charge in [0.1, 0.15) is 17.9 Å². The highest BCUT2D eigenvalue weighted by molar-refractivity contribution is 8.00. The second-order valence-corrected chi connectivity index (χ2v) is 7.52. The minimum atomic E-state index is -0.552. The van der Waals surface area contributed by atoms with E-state index in [9.17, 15) is 9.18 Å². The molecular weight excluding hydrogens is 403 g/mol. The van der Waals surface area contributed by atoms with Crippen molar-refractivity contribution in [3.05, 3.63) is 64.7 Å². The van der Waals surface area contributed by atoms with Crippen molar-refractivity contribution in [2.45, 2.75) is 17.9 Å². The van der Waals surface area contributed by atoms with E-state index in [1.54, 1.807) is 7.11 Å². The smallest absolute Gasteiger partial charge is 0.420 e. The first kappa shape index (κ1) is 18.5. The second kappa shape index (κ2) is 7.64. The highest BCUT2D eigenvalue weighted by Crippen LogP contribution is 2.30. The topological polar surface area (TPSA) is 82.2 Å². The molecule has 0 fully saturated rings. The van der Waals surface area contributed by atoms with Crippen molar-refractivity contribution < 1.29 is 13.5 Å². The molecule has 0 bridgehead atoms. The van der Waals surface area contributed by atoms with E-state index in [0.717, 1.165) is 29.0 Å². The average molecular weight is 418 g/mol. The fourth-order valence-electron chi connectivity index (χ4n) is 2.85. The van der Waals surface area contributed by atoms with Gasteiger partial charge in [0.15, 0.2) is 5.58 Å². The molecule has 2 aromatic heterocycles. The number of benzene rings is 2.